The quantitative estimate of drug-likeness (QED) is 0.500. The molecular weight excluding hydrogens is 406 g/mol. The Hall–Kier alpha value is -2.77. The van der Waals surface area contributed by atoms with Crippen LogP contribution in [0.3, 0.4) is 0 Å². The van der Waals surface area contributed by atoms with Gasteiger partial charge >= 0.3 is 0 Å². The number of rotatable bonds is 6. The first-order valence-electron chi connectivity index (χ1n) is 8.40. The van der Waals surface area contributed by atoms with E-state index < -0.39 is 11.7 Å². The molecular formula is C19H17Cl2FN4O2. The molecule has 0 aliphatic rings. The second kappa shape index (κ2) is 8.50. The van der Waals surface area contributed by atoms with Crippen molar-refractivity contribution in [1.82, 2.24) is 15.3 Å². The average molecular weight is 423 g/mol. The Morgan fingerprint density at radius 1 is 1.32 bits per heavy atom. The number of ether oxygens (including phenoxy) is 1. The molecule has 0 spiro atoms. The number of H-pyrrole nitrogens is 1. The van der Waals surface area contributed by atoms with E-state index in [9.17, 15) is 9.18 Å². The largest absolute Gasteiger partial charge is 0.453 e. The first kappa shape index (κ1) is 20.0. The van der Waals surface area contributed by atoms with Gasteiger partial charge in [-0.1, -0.05) is 36.2 Å². The molecule has 9 heteroatoms. The third kappa shape index (κ3) is 4.37. The van der Waals surface area contributed by atoms with Gasteiger partial charge in [0.05, 0.1) is 11.3 Å². The molecule has 0 aliphatic carbocycles. The maximum absolute atomic E-state index is 14.9. The van der Waals surface area contributed by atoms with Gasteiger partial charge in [0.2, 0.25) is 0 Å². The SMILES string of the molecule is CCc1cc(N)cc(Oc2c(Cl)ccc(CNC(=O)c3[nH]cnc3Cl)c2F)c1. The molecule has 1 aromatic heterocycles. The van der Waals surface area contributed by atoms with Gasteiger partial charge in [-0.3, -0.25) is 4.79 Å². The van der Waals surface area contributed by atoms with Crippen LogP contribution in [0.5, 0.6) is 11.5 Å². The predicted octanol–water partition coefficient (Wildman–Crippen LogP) is 4.72. The van der Waals surface area contributed by atoms with Crippen LogP contribution in [0.15, 0.2) is 36.7 Å². The van der Waals surface area contributed by atoms with E-state index in [1.807, 2.05) is 13.0 Å². The standard InChI is InChI=1S/C19H17Cl2FN4O2/c1-2-10-5-12(23)7-13(6-10)28-17-14(20)4-3-11(15(17)22)8-24-19(27)16-18(21)26-9-25-16/h3-7,9H,2,8,23H2,1H3,(H,24,27)(H,25,26). The number of anilines is 1. The van der Waals surface area contributed by atoms with Crippen LogP contribution in [0.1, 0.15) is 28.5 Å². The lowest BCUT2D eigenvalue weighted by atomic mass is 10.1. The summed E-state index contributed by atoms with van der Waals surface area (Å²) in [6.45, 7) is 1.88. The number of aryl methyl sites for hydroxylation is 1. The molecule has 0 atom stereocenters. The maximum Gasteiger partial charge on any atom is 0.271 e. The summed E-state index contributed by atoms with van der Waals surface area (Å²) in [5.74, 6) is -0.949. The highest BCUT2D eigenvalue weighted by Gasteiger charge is 2.18. The molecule has 2 aromatic carbocycles. The summed E-state index contributed by atoms with van der Waals surface area (Å²) in [5, 5.41) is 2.70. The molecule has 0 radical (unpaired) electrons. The Balaban J connectivity index is 1.81. The number of nitrogens with two attached hydrogens (primary N) is 1. The first-order chi connectivity index (χ1) is 13.4. The van der Waals surface area contributed by atoms with Gasteiger partial charge < -0.3 is 20.8 Å². The Morgan fingerprint density at radius 3 is 2.79 bits per heavy atom. The number of halogens is 3. The van der Waals surface area contributed by atoms with Crippen molar-refractivity contribution in [3.63, 3.8) is 0 Å². The van der Waals surface area contributed by atoms with Crippen LogP contribution >= 0.6 is 23.2 Å². The molecule has 146 valence electrons. The Morgan fingerprint density at radius 2 is 2.11 bits per heavy atom. The highest BCUT2D eigenvalue weighted by molar-refractivity contribution is 6.32. The van der Waals surface area contributed by atoms with Crippen molar-refractivity contribution in [2.45, 2.75) is 19.9 Å². The van der Waals surface area contributed by atoms with Gasteiger partial charge in [-0.05, 0) is 30.2 Å². The van der Waals surface area contributed by atoms with Crippen LogP contribution in [-0.2, 0) is 13.0 Å². The van der Waals surface area contributed by atoms with Gasteiger partial charge in [0.15, 0.2) is 16.7 Å². The van der Waals surface area contributed by atoms with Crippen molar-refractivity contribution in [3.8, 4) is 11.5 Å². The fourth-order valence-corrected chi connectivity index (χ4v) is 2.94. The van der Waals surface area contributed by atoms with Crippen LogP contribution in [-0.4, -0.2) is 15.9 Å². The number of nitrogen functional groups attached to an aromatic ring is 1. The van der Waals surface area contributed by atoms with E-state index >= 15 is 0 Å². The Labute approximate surface area is 170 Å². The Kier molecular flexibility index (Phi) is 6.06. The number of hydrogen-bond donors (Lipinski definition) is 3. The molecule has 4 N–H and O–H groups in total. The van der Waals surface area contributed by atoms with Gasteiger partial charge in [-0.15, -0.1) is 0 Å². The number of nitrogens with zero attached hydrogens (tertiary/aromatic N) is 1. The number of benzene rings is 2. The van der Waals surface area contributed by atoms with Crippen LogP contribution < -0.4 is 15.8 Å². The van der Waals surface area contributed by atoms with Crippen molar-refractivity contribution < 1.29 is 13.9 Å². The van der Waals surface area contributed by atoms with Gasteiger partial charge in [-0.25, -0.2) is 9.37 Å². The molecule has 0 saturated carbocycles. The van der Waals surface area contributed by atoms with Crippen molar-refractivity contribution in [2.24, 2.45) is 0 Å². The molecule has 6 nitrogen and oxygen atoms in total. The first-order valence-corrected chi connectivity index (χ1v) is 9.15. The van der Waals surface area contributed by atoms with Crippen LogP contribution in [0.25, 0.3) is 0 Å². The third-order valence-corrected chi connectivity index (χ3v) is 4.59. The third-order valence-electron chi connectivity index (χ3n) is 4.01. The van der Waals surface area contributed by atoms with E-state index in [0.29, 0.717) is 11.4 Å². The summed E-state index contributed by atoms with van der Waals surface area (Å²) in [6.07, 6.45) is 2.04. The van der Waals surface area contributed by atoms with Crippen molar-refractivity contribution in [2.75, 3.05) is 5.73 Å². The van der Waals surface area contributed by atoms with Crippen LogP contribution in [0.4, 0.5) is 10.1 Å². The number of imidazole rings is 1. The van der Waals surface area contributed by atoms with E-state index in [1.54, 1.807) is 12.1 Å². The number of aromatic amines is 1. The topological polar surface area (TPSA) is 93.0 Å². The second-order valence-corrected chi connectivity index (χ2v) is 6.73. The van der Waals surface area contributed by atoms with E-state index in [1.165, 1.54) is 18.5 Å². The summed E-state index contributed by atoms with van der Waals surface area (Å²) >= 11 is 11.9. The molecule has 0 saturated heterocycles. The minimum atomic E-state index is -0.677. The summed E-state index contributed by atoms with van der Waals surface area (Å²) < 4.78 is 20.6. The smallest absolute Gasteiger partial charge is 0.271 e. The summed E-state index contributed by atoms with van der Waals surface area (Å²) in [7, 11) is 0. The van der Waals surface area contributed by atoms with Crippen molar-refractivity contribution in [1.29, 1.82) is 0 Å². The number of nitrogens with one attached hydrogen (secondary N) is 2. The molecule has 28 heavy (non-hydrogen) atoms. The van der Waals surface area contributed by atoms with Crippen molar-refractivity contribution >= 4 is 34.8 Å². The number of hydrogen-bond acceptors (Lipinski definition) is 4. The lowest BCUT2D eigenvalue weighted by Gasteiger charge is -2.13. The highest BCUT2D eigenvalue weighted by Crippen LogP contribution is 2.35. The monoisotopic (exact) mass is 422 g/mol. The zero-order chi connectivity index (χ0) is 20.3. The zero-order valence-electron chi connectivity index (χ0n) is 14.9. The number of carbonyl (C=O) groups is 1. The molecule has 1 heterocycles. The number of aromatic nitrogens is 2. The second-order valence-electron chi connectivity index (χ2n) is 5.97. The molecule has 0 aliphatic heterocycles. The van der Waals surface area contributed by atoms with Crippen LogP contribution in [0.2, 0.25) is 10.2 Å². The summed E-state index contributed by atoms with van der Waals surface area (Å²) in [4.78, 5) is 18.5. The number of amides is 1. The molecule has 3 rings (SSSR count). The maximum atomic E-state index is 14.9. The minimum Gasteiger partial charge on any atom is -0.453 e. The van der Waals surface area contributed by atoms with E-state index in [4.69, 9.17) is 33.7 Å². The lowest BCUT2D eigenvalue weighted by Crippen LogP contribution is -2.24. The highest BCUT2D eigenvalue weighted by atomic mass is 35.5. The van der Waals surface area contributed by atoms with Gasteiger partial charge in [0.25, 0.3) is 5.91 Å². The minimum absolute atomic E-state index is 0.0338. The Bertz CT molecular complexity index is 1020. The van der Waals surface area contributed by atoms with E-state index in [0.717, 1.165) is 12.0 Å². The molecule has 0 bridgehead atoms. The van der Waals surface area contributed by atoms with Gasteiger partial charge in [0.1, 0.15) is 11.4 Å². The summed E-state index contributed by atoms with van der Waals surface area (Å²) in [6, 6.07) is 8.13. The fraction of sp³-hybridized carbons (Fsp3) is 0.158. The van der Waals surface area contributed by atoms with Crippen LogP contribution in [0, 0.1) is 5.82 Å². The van der Waals surface area contributed by atoms with Crippen molar-refractivity contribution in [3.05, 3.63) is 69.5 Å². The van der Waals surface area contributed by atoms with E-state index in [2.05, 4.69) is 15.3 Å². The predicted molar refractivity (Wildman–Crippen MR) is 106 cm³/mol. The van der Waals surface area contributed by atoms with E-state index in [-0.39, 0.29) is 33.7 Å². The fourth-order valence-electron chi connectivity index (χ4n) is 2.57. The molecule has 0 unspecified atom stereocenters. The zero-order valence-corrected chi connectivity index (χ0v) is 16.4. The number of carbonyl (C=O) groups excluding carboxylic acids is 1. The lowest BCUT2D eigenvalue weighted by molar-refractivity contribution is 0.0946. The molecule has 0 fully saturated rings. The summed E-state index contributed by atoms with van der Waals surface area (Å²) in [5.41, 5.74) is 7.61. The average Bonchev–Trinajstić information content (AvgIpc) is 3.09. The van der Waals surface area contributed by atoms with Gasteiger partial charge in [0, 0.05) is 23.9 Å². The molecule has 3 aromatic rings. The normalized spacial score (nSPS) is 10.7. The van der Waals surface area contributed by atoms with Gasteiger partial charge in [-0.2, -0.15) is 0 Å². The molecule has 1 amide bonds.